The van der Waals surface area contributed by atoms with Crippen molar-refractivity contribution in [3.63, 3.8) is 0 Å². The van der Waals surface area contributed by atoms with E-state index in [0.717, 1.165) is 23.8 Å². The molecular weight excluding hydrogens is 286 g/mol. The molecule has 130 valence electrons. The standard InChI is InChI=1S/C20H33NO2/c1-21-16-9-10-18(21)19(20(22)23-2)17(12-16)15-8-7-13-5-3-4-6-14(13)11-15/h13-19H,3-12H2,1-2H3/t13?,14?,15?,16?,17-,18?,19?/m1/s1. The SMILES string of the molecule is COC(=O)C1C2CCC(C[C@@H]1C1CCC3CCCCC3C1)N2C. The maximum absolute atomic E-state index is 12.6. The largest absolute Gasteiger partial charge is 0.469 e. The van der Waals surface area contributed by atoms with Gasteiger partial charge in [0.25, 0.3) is 0 Å². The van der Waals surface area contributed by atoms with E-state index in [2.05, 4.69) is 11.9 Å². The molecule has 0 aromatic carbocycles. The van der Waals surface area contributed by atoms with Gasteiger partial charge < -0.3 is 4.74 Å². The summed E-state index contributed by atoms with van der Waals surface area (Å²) in [6, 6.07) is 1.16. The molecule has 0 radical (unpaired) electrons. The van der Waals surface area contributed by atoms with E-state index in [4.69, 9.17) is 4.74 Å². The van der Waals surface area contributed by atoms with Crippen LogP contribution in [0, 0.1) is 29.6 Å². The smallest absolute Gasteiger partial charge is 0.310 e. The molecule has 0 N–H and O–H groups in total. The average molecular weight is 319 g/mol. The van der Waals surface area contributed by atoms with Gasteiger partial charge in [-0.3, -0.25) is 9.69 Å². The van der Waals surface area contributed by atoms with Crippen LogP contribution < -0.4 is 0 Å². The highest BCUT2D eigenvalue weighted by Crippen LogP contribution is 2.51. The van der Waals surface area contributed by atoms with Crippen LogP contribution in [-0.2, 0) is 9.53 Å². The summed E-state index contributed by atoms with van der Waals surface area (Å²) in [5.74, 6) is 3.51. The minimum atomic E-state index is 0.0676. The Morgan fingerprint density at radius 1 is 0.913 bits per heavy atom. The maximum atomic E-state index is 12.6. The summed E-state index contributed by atoms with van der Waals surface area (Å²) in [6.07, 6.45) is 13.7. The van der Waals surface area contributed by atoms with Crippen molar-refractivity contribution >= 4 is 5.97 Å². The third-order valence-corrected chi connectivity index (χ3v) is 7.97. The van der Waals surface area contributed by atoms with Crippen molar-refractivity contribution in [2.24, 2.45) is 29.6 Å². The molecule has 2 aliphatic carbocycles. The second-order valence-electron chi connectivity index (χ2n) is 8.79. The molecular formula is C20H33NO2. The second kappa shape index (κ2) is 6.38. The van der Waals surface area contributed by atoms with Crippen LogP contribution in [0.1, 0.15) is 64.2 Å². The molecule has 3 nitrogen and oxygen atoms in total. The van der Waals surface area contributed by atoms with E-state index < -0.39 is 0 Å². The van der Waals surface area contributed by atoms with Gasteiger partial charge in [0.2, 0.25) is 0 Å². The number of ether oxygens (including phenoxy) is 1. The van der Waals surface area contributed by atoms with Crippen molar-refractivity contribution in [3.05, 3.63) is 0 Å². The zero-order valence-corrected chi connectivity index (χ0v) is 14.9. The van der Waals surface area contributed by atoms with Crippen molar-refractivity contribution in [1.29, 1.82) is 0 Å². The van der Waals surface area contributed by atoms with Gasteiger partial charge in [-0.05, 0) is 69.2 Å². The van der Waals surface area contributed by atoms with Crippen LogP contribution in [0.15, 0.2) is 0 Å². The van der Waals surface area contributed by atoms with Gasteiger partial charge in [0.05, 0.1) is 13.0 Å². The first-order valence-electron chi connectivity index (χ1n) is 9.98. The molecule has 0 aromatic heterocycles. The molecule has 2 saturated heterocycles. The Bertz CT molecular complexity index is 451. The summed E-state index contributed by atoms with van der Waals surface area (Å²) >= 11 is 0. The molecule has 4 rings (SSSR count). The van der Waals surface area contributed by atoms with E-state index in [-0.39, 0.29) is 11.9 Å². The van der Waals surface area contributed by atoms with Crippen LogP contribution in [0.5, 0.6) is 0 Å². The number of esters is 1. The molecule has 23 heavy (non-hydrogen) atoms. The Morgan fingerprint density at radius 3 is 2.43 bits per heavy atom. The van der Waals surface area contributed by atoms with Gasteiger partial charge in [-0.25, -0.2) is 0 Å². The van der Waals surface area contributed by atoms with E-state index >= 15 is 0 Å². The van der Waals surface area contributed by atoms with Gasteiger partial charge in [-0.1, -0.05) is 25.7 Å². The molecule has 3 heteroatoms. The molecule has 2 saturated carbocycles. The fourth-order valence-electron chi connectivity index (χ4n) is 6.76. The molecule has 2 bridgehead atoms. The fraction of sp³-hybridized carbons (Fsp3) is 0.950. The Labute approximate surface area is 141 Å². The van der Waals surface area contributed by atoms with Gasteiger partial charge in [0.15, 0.2) is 0 Å². The van der Waals surface area contributed by atoms with Crippen LogP contribution >= 0.6 is 0 Å². The number of methoxy groups -OCH3 is 1. The molecule has 6 unspecified atom stereocenters. The lowest BCUT2D eigenvalue weighted by Gasteiger charge is -2.48. The number of carbonyl (C=O) groups excluding carboxylic acids is 1. The third-order valence-electron chi connectivity index (χ3n) is 7.97. The molecule has 0 amide bonds. The number of hydrogen-bond donors (Lipinski definition) is 0. The predicted octanol–water partition coefficient (Wildman–Crippen LogP) is 3.86. The van der Waals surface area contributed by atoms with E-state index in [1.54, 1.807) is 7.11 Å². The van der Waals surface area contributed by atoms with Gasteiger partial charge in [-0.2, -0.15) is 0 Å². The van der Waals surface area contributed by atoms with Crippen molar-refractivity contribution in [3.8, 4) is 0 Å². The predicted molar refractivity (Wildman–Crippen MR) is 91.0 cm³/mol. The Balaban J connectivity index is 1.53. The van der Waals surface area contributed by atoms with Crippen LogP contribution in [0.3, 0.4) is 0 Å². The van der Waals surface area contributed by atoms with Crippen molar-refractivity contribution in [2.45, 2.75) is 76.3 Å². The zero-order valence-electron chi connectivity index (χ0n) is 14.9. The quantitative estimate of drug-likeness (QED) is 0.724. The second-order valence-corrected chi connectivity index (χ2v) is 8.79. The number of rotatable bonds is 2. The minimum Gasteiger partial charge on any atom is -0.469 e. The normalized spacial score (nSPS) is 47.1. The average Bonchev–Trinajstić information content (AvgIpc) is 2.83. The summed E-state index contributed by atoms with van der Waals surface area (Å²) in [6.45, 7) is 0. The van der Waals surface area contributed by atoms with Crippen LogP contribution in [0.4, 0.5) is 0 Å². The van der Waals surface area contributed by atoms with Gasteiger partial charge in [-0.15, -0.1) is 0 Å². The summed E-state index contributed by atoms with van der Waals surface area (Å²) < 4.78 is 5.25. The number of hydrogen-bond acceptors (Lipinski definition) is 3. The highest BCUT2D eigenvalue weighted by Gasteiger charge is 2.52. The molecule has 4 fully saturated rings. The molecule has 4 aliphatic rings. The summed E-state index contributed by atoms with van der Waals surface area (Å²) in [5, 5.41) is 0. The first-order valence-corrected chi connectivity index (χ1v) is 9.98. The Kier molecular flexibility index (Phi) is 4.42. The lowest BCUT2D eigenvalue weighted by Crippen LogP contribution is -2.52. The third kappa shape index (κ3) is 2.73. The Hall–Kier alpha value is -0.570. The molecule has 2 heterocycles. The van der Waals surface area contributed by atoms with E-state index in [0.29, 0.717) is 12.0 Å². The van der Waals surface area contributed by atoms with E-state index in [1.807, 2.05) is 0 Å². The maximum Gasteiger partial charge on any atom is 0.310 e. The first-order chi connectivity index (χ1) is 11.2. The van der Waals surface area contributed by atoms with Crippen LogP contribution in [-0.4, -0.2) is 37.1 Å². The minimum absolute atomic E-state index is 0.0676. The monoisotopic (exact) mass is 319 g/mol. The van der Waals surface area contributed by atoms with E-state index in [9.17, 15) is 4.79 Å². The van der Waals surface area contributed by atoms with Gasteiger partial charge in [0.1, 0.15) is 0 Å². The topological polar surface area (TPSA) is 29.5 Å². The highest BCUT2D eigenvalue weighted by atomic mass is 16.5. The number of fused-ring (bicyclic) bond motifs is 3. The zero-order chi connectivity index (χ0) is 16.0. The summed E-state index contributed by atoms with van der Waals surface area (Å²) in [4.78, 5) is 15.1. The van der Waals surface area contributed by atoms with Crippen molar-refractivity contribution in [2.75, 3.05) is 14.2 Å². The molecule has 2 aliphatic heterocycles. The number of piperidine rings is 1. The van der Waals surface area contributed by atoms with Crippen molar-refractivity contribution in [1.82, 2.24) is 4.90 Å². The first kappa shape index (κ1) is 15.9. The number of nitrogens with zero attached hydrogens (tertiary/aromatic N) is 1. The molecule has 0 spiro atoms. The van der Waals surface area contributed by atoms with Gasteiger partial charge in [0, 0.05) is 12.1 Å². The lowest BCUT2D eigenvalue weighted by molar-refractivity contribution is -0.154. The summed E-state index contributed by atoms with van der Waals surface area (Å²) in [7, 11) is 3.81. The number of carbonyl (C=O) groups is 1. The van der Waals surface area contributed by atoms with Gasteiger partial charge >= 0.3 is 5.97 Å². The Morgan fingerprint density at radius 2 is 1.65 bits per heavy atom. The fourth-order valence-corrected chi connectivity index (χ4v) is 6.76. The summed E-state index contributed by atoms with van der Waals surface area (Å²) in [5.41, 5.74) is 0. The molecule has 0 aromatic rings. The molecule has 7 atom stereocenters. The lowest BCUT2D eigenvalue weighted by atomic mass is 9.61. The van der Waals surface area contributed by atoms with Crippen LogP contribution in [0.2, 0.25) is 0 Å². The highest BCUT2D eigenvalue weighted by molar-refractivity contribution is 5.74. The van der Waals surface area contributed by atoms with E-state index in [1.165, 1.54) is 64.2 Å². The van der Waals surface area contributed by atoms with Crippen LogP contribution in [0.25, 0.3) is 0 Å². The van der Waals surface area contributed by atoms with Crippen molar-refractivity contribution < 1.29 is 9.53 Å².